The van der Waals surface area contributed by atoms with Crippen molar-refractivity contribution in [3.8, 4) is 5.75 Å². The van der Waals surface area contributed by atoms with Crippen LogP contribution in [0.1, 0.15) is 22.5 Å². The van der Waals surface area contributed by atoms with Crippen LogP contribution in [0.2, 0.25) is 0 Å². The van der Waals surface area contributed by atoms with E-state index in [4.69, 9.17) is 14.6 Å². The van der Waals surface area contributed by atoms with Crippen molar-refractivity contribution in [1.82, 2.24) is 9.88 Å². The lowest BCUT2D eigenvalue weighted by Gasteiger charge is -2.35. The van der Waals surface area contributed by atoms with Crippen LogP contribution in [0.3, 0.4) is 0 Å². The molecule has 1 atom stereocenters. The number of aliphatic carboxylic acids is 1. The minimum absolute atomic E-state index is 0.136. The van der Waals surface area contributed by atoms with Crippen LogP contribution in [0, 0.1) is 6.92 Å². The Hall–Kier alpha value is -2.67. The monoisotopic (exact) mass is 344 g/mol. The number of ether oxygens (including phenoxy) is 2. The number of hydrogen-bond donors (Lipinski definition) is 1. The van der Waals surface area contributed by atoms with E-state index in [2.05, 4.69) is 4.98 Å². The molecule has 25 heavy (non-hydrogen) atoms. The van der Waals surface area contributed by atoms with Crippen molar-refractivity contribution >= 4 is 22.8 Å². The number of hydrogen-bond acceptors (Lipinski definition) is 5. The molecule has 1 fully saturated rings. The number of nitrogens with zero attached hydrogens (tertiary/aromatic N) is 2. The first-order valence-corrected chi connectivity index (χ1v) is 8.05. The maximum Gasteiger partial charge on any atom is 0.305 e. The number of rotatable bonds is 4. The van der Waals surface area contributed by atoms with E-state index >= 15 is 0 Å². The van der Waals surface area contributed by atoms with Gasteiger partial charge in [-0.3, -0.25) is 14.6 Å². The highest BCUT2D eigenvalue weighted by Gasteiger charge is 2.30. The molecule has 1 amide bonds. The fourth-order valence-corrected chi connectivity index (χ4v) is 3.03. The minimum Gasteiger partial charge on any atom is -0.497 e. The van der Waals surface area contributed by atoms with E-state index in [-0.39, 0.29) is 18.9 Å². The zero-order valence-electron chi connectivity index (χ0n) is 14.2. The molecule has 0 spiro atoms. The first-order valence-electron chi connectivity index (χ1n) is 8.05. The number of aromatic nitrogens is 1. The molecule has 2 aromatic rings. The predicted molar refractivity (Wildman–Crippen MR) is 90.9 cm³/mol. The molecular weight excluding hydrogens is 324 g/mol. The molecule has 7 nitrogen and oxygen atoms in total. The summed E-state index contributed by atoms with van der Waals surface area (Å²) in [5.74, 6) is -0.459. The lowest BCUT2D eigenvalue weighted by Crippen LogP contribution is -2.49. The molecule has 7 heteroatoms. The van der Waals surface area contributed by atoms with Gasteiger partial charge in [0.05, 0.1) is 49.6 Å². The number of carboxylic acid groups (broad SMARTS) is 1. The van der Waals surface area contributed by atoms with E-state index in [1.807, 2.05) is 18.2 Å². The lowest BCUT2D eigenvalue weighted by molar-refractivity contribution is -0.139. The average molecular weight is 344 g/mol. The van der Waals surface area contributed by atoms with Crippen molar-refractivity contribution in [1.29, 1.82) is 0 Å². The molecule has 132 valence electrons. The van der Waals surface area contributed by atoms with Gasteiger partial charge in [-0.1, -0.05) is 0 Å². The highest BCUT2D eigenvalue weighted by molar-refractivity contribution is 5.99. The first-order chi connectivity index (χ1) is 12.0. The van der Waals surface area contributed by atoms with Crippen LogP contribution in [-0.2, 0) is 9.53 Å². The molecule has 0 radical (unpaired) electrons. The molecule has 3 rings (SSSR count). The van der Waals surface area contributed by atoms with Crippen molar-refractivity contribution in [2.24, 2.45) is 0 Å². The van der Waals surface area contributed by atoms with Gasteiger partial charge in [0, 0.05) is 18.0 Å². The SMILES string of the molecule is COc1ccc2cc(C(=O)N3CCOCC3CC(=O)O)c(C)nc2c1. The van der Waals surface area contributed by atoms with Crippen molar-refractivity contribution in [2.45, 2.75) is 19.4 Å². The van der Waals surface area contributed by atoms with Gasteiger partial charge in [0.25, 0.3) is 5.91 Å². The molecule has 1 unspecified atom stereocenters. The van der Waals surface area contributed by atoms with E-state index in [0.717, 1.165) is 10.9 Å². The number of amides is 1. The van der Waals surface area contributed by atoms with Gasteiger partial charge in [-0.15, -0.1) is 0 Å². The quantitative estimate of drug-likeness (QED) is 0.911. The molecule has 1 aromatic heterocycles. The summed E-state index contributed by atoms with van der Waals surface area (Å²) in [6.45, 7) is 2.78. The summed E-state index contributed by atoms with van der Waals surface area (Å²) < 4.78 is 10.5. The number of fused-ring (bicyclic) bond motifs is 1. The molecule has 1 aliphatic heterocycles. The minimum atomic E-state index is -0.950. The van der Waals surface area contributed by atoms with Gasteiger partial charge >= 0.3 is 5.97 Å². The molecule has 0 aliphatic carbocycles. The van der Waals surface area contributed by atoms with Gasteiger partial charge in [-0.2, -0.15) is 0 Å². The van der Waals surface area contributed by atoms with Crippen LogP contribution in [0.25, 0.3) is 10.9 Å². The smallest absolute Gasteiger partial charge is 0.305 e. The lowest BCUT2D eigenvalue weighted by atomic mass is 10.1. The zero-order valence-corrected chi connectivity index (χ0v) is 14.2. The van der Waals surface area contributed by atoms with Crippen molar-refractivity contribution in [3.63, 3.8) is 0 Å². The largest absolute Gasteiger partial charge is 0.497 e. The van der Waals surface area contributed by atoms with Crippen molar-refractivity contribution in [2.75, 3.05) is 26.9 Å². The van der Waals surface area contributed by atoms with Gasteiger partial charge in [0.1, 0.15) is 5.75 Å². The molecule has 2 heterocycles. The molecule has 1 aromatic carbocycles. The fourth-order valence-electron chi connectivity index (χ4n) is 3.03. The number of benzene rings is 1. The number of methoxy groups -OCH3 is 1. The van der Waals surface area contributed by atoms with Crippen LogP contribution in [0.5, 0.6) is 5.75 Å². The van der Waals surface area contributed by atoms with Crippen LogP contribution in [0.15, 0.2) is 24.3 Å². The van der Waals surface area contributed by atoms with Gasteiger partial charge in [0.15, 0.2) is 0 Å². The number of carbonyl (C=O) groups excluding carboxylic acids is 1. The Morgan fingerprint density at radius 3 is 2.92 bits per heavy atom. The first kappa shape index (κ1) is 17.2. The third kappa shape index (κ3) is 3.56. The van der Waals surface area contributed by atoms with Gasteiger partial charge < -0.3 is 19.5 Å². The van der Waals surface area contributed by atoms with E-state index in [0.29, 0.717) is 30.2 Å². The predicted octanol–water partition coefficient (Wildman–Crippen LogP) is 1.87. The summed E-state index contributed by atoms with van der Waals surface area (Å²) in [5, 5.41) is 9.89. The highest BCUT2D eigenvalue weighted by Crippen LogP contribution is 2.24. The second-order valence-electron chi connectivity index (χ2n) is 6.01. The number of morpholine rings is 1. The zero-order chi connectivity index (χ0) is 18.0. The third-order valence-electron chi connectivity index (χ3n) is 4.34. The van der Waals surface area contributed by atoms with Crippen LogP contribution in [0.4, 0.5) is 0 Å². The number of carboxylic acids is 1. The molecule has 1 saturated heterocycles. The number of aryl methyl sites for hydroxylation is 1. The normalized spacial score (nSPS) is 17.5. The maximum atomic E-state index is 13.0. The summed E-state index contributed by atoms with van der Waals surface area (Å²) >= 11 is 0. The second kappa shape index (κ2) is 7.06. The number of pyridine rings is 1. The van der Waals surface area contributed by atoms with Crippen LogP contribution >= 0.6 is 0 Å². The van der Waals surface area contributed by atoms with Gasteiger partial charge in [-0.05, 0) is 25.1 Å². The van der Waals surface area contributed by atoms with Gasteiger partial charge in [0.2, 0.25) is 0 Å². The Labute approximate surface area is 145 Å². The van der Waals surface area contributed by atoms with Gasteiger partial charge in [-0.25, -0.2) is 0 Å². The Bertz CT molecular complexity index is 820. The summed E-state index contributed by atoms with van der Waals surface area (Å²) in [6, 6.07) is 6.82. The summed E-state index contributed by atoms with van der Waals surface area (Å²) in [5.41, 5.74) is 1.83. The summed E-state index contributed by atoms with van der Waals surface area (Å²) in [4.78, 5) is 30.1. The average Bonchev–Trinajstić information content (AvgIpc) is 2.60. The topological polar surface area (TPSA) is 89.0 Å². The van der Waals surface area contributed by atoms with E-state index < -0.39 is 12.0 Å². The molecule has 1 aliphatic rings. The molecule has 0 bridgehead atoms. The molecular formula is C18H20N2O5. The highest BCUT2D eigenvalue weighted by atomic mass is 16.5. The van der Waals surface area contributed by atoms with Crippen LogP contribution in [-0.4, -0.2) is 59.8 Å². The molecule has 0 saturated carbocycles. The van der Waals surface area contributed by atoms with Crippen molar-refractivity contribution in [3.05, 3.63) is 35.5 Å². The van der Waals surface area contributed by atoms with E-state index in [9.17, 15) is 9.59 Å². The maximum absolute atomic E-state index is 13.0. The standard InChI is InChI=1S/C18H20N2O5/c1-11-15(7-12-3-4-14(24-2)9-16(12)19-11)18(23)20-5-6-25-10-13(20)8-17(21)22/h3-4,7,9,13H,5-6,8,10H2,1-2H3,(H,21,22). The third-order valence-corrected chi connectivity index (χ3v) is 4.34. The summed E-state index contributed by atoms with van der Waals surface area (Å²) in [7, 11) is 1.59. The number of carbonyl (C=O) groups is 2. The second-order valence-corrected chi connectivity index (χ2v) is 6.01. The van der Waals surface area contributed by atoms with Crippen molar-refractivity contribution < 1.29 is 24.2 Å². The Kier molecular flexibility index (Phi) is 4.85. The van der Waals surface area contributed by atoms with Crippen LogP contribution < -0.4 is 4.74 Å². The van der Waals surface area contributed by atoms with E-state index in [1.165, 1.54) is 0 Å². The molecule has 1 N–H and O–H groups in total. The Morgan fingerprint density at radius 2 is 2.20 bits per heavy atom. The summed E-state index contributed by atoms with van der Waals surface area (Å²) in [6.07, 6.45) is -0.136. The fraction of sp³-hybridized carbons (Fsp3) is 0.389. The van der Waals surface area contributed by atoms with E-state index in [1.54, 1.807) is 25.0 Å². The Balaban J connectivity index is 1.95. The Morgan fingerprint density at radius 1 is 1.40 bits per heavy atom.